The first-order chi connectivity index (χ1) is 8.93. The molecule has 1 atom stereocenters. The van der Waals surface area contributed by atoms with Crippen LogP contribution in [0.5, 0.6) is 0 Å². The summed E-state index contributed by atoms with van der Waals surface area (Å²) in [7, 11) is 0. The van der Waals surface area contributed by atoms with E-state index >= 15 is 0 Å². The Bertz CT molecular complexity index is 626. The largest absolute Gasteiger partial charge is 0.320 e. The average Bonchev–Trinajstić information content (AvgIpc) is 2.39. The van der Waals surface area contributed by atoms with Crippen molar-refractivity contribution in [1.82, 2.24) is 0 Å². The molecule has 0 aromatic heterocycles. The van der Waals surface area contributed by atoms with Crippen LogP contribution in [0.1, 0.15) is 28.3 Å². The van der Waals surface area contributed by atoms with Gasteiger partial charge in [-0.2, -0.15) is 0 Å². The van der Waals surface area contributed by atoms with Crippen molar-refractivity contribution < 1.29 is 8.78 Å². The summed E-state index contributed by atoms with van der Waals surface area (Å²) in [6.07, 6.45) is 0. The summed E-state index contributed by atoms with van der Waals surface area (Å²) in [6.45, 7) is 3.35. The van der Waals surface area contributed by atoms with Crippen molar-refractivity contribution in [3.05, 3.63) is 69.2 Å². The predicted molar refractivity (Wildman–Crippen MR) is 73.3 cm³/mol. The highest BCUT2D eigenvalue weighted by molar-refractivity contribution is 6.32. The third kappa shape index (κ3) is 2.48. The lowest BCUT2D eigenvalue weighted by atomic mass is 9.96. The molecule has 0 fully saturated rings. The van der Waals surface area contributed by atoms with Crippen molar-refractivity contribution in [2.24, 2.45) is 5.73 Å². The number of hydrogen-bond donors (Lipinski definition) is 1. The van der Waals surface area contributed by atoms with Crippen LogP contribution >= 0.6 is 11.6 Å². The molecule has 0 aliphatic rings. The molecular formula is C15H14ClF2N. The second-order valence-electron chi connectivity index (χ2n) is 4.56. The summed E-state index contributed by atoms with van der Waals surface area (Å²) in [5.74, 6) is -1.78. The van der Waals surface area contributed by atoms with Gasteiger partial charge in [0.15, 0.2) is 11.6 Å². The minimum atomic E-state index is -0.912. The van der Waals surface area contributed by atoms with E-state index in [4.69, 9.17) is 17.3 Å². The summed E-state index contributed by atoms with van der Waals surface area (Å²) in [4.78, 5) is 0. The van der Waals surface area contributed by atoms with Crippen LogP contribution in [-0.2, 0) is 0 Å². The first-order valence-corrected chi connectivity index (χ1v) is 6.26. The molecular weight excluding hydrogens is 268 g/mol. The normalized spacial score (nSPS) is 12.5. The molecule has 19 heavy (non-hydrogen) atoms. The molecule has 0 radical (unpaired) electrons. The quantitative estimate of drug-likeness (QED) is 0.873. The number of rotatable bonds is 2. The lowest BCUT2D eigenvalue weighted by Crippen LogP contribution is -2.15. The second kappa shape index (κ2) is 5.27. The van der Waals surface area contributed by atoms with Gasteiger partial charge in [0, 0.05) is 10.6 Å². The molecule has 1 nitrogen and oxygen atoms in total. The zero-order valence-corrected chi connectivity index (χ0v) is 11.4. The summed E-state index contributed by atoms with van der Waals surface area (Å²) < 4.78 is 27.5. The van der Waals surface area contributed by atoms with E-state index < -0.39 is 17.7 Å². The number of nitrogens with two attached hydrogens (primary N) is 1. The van der Waals surface area contributed by atoms with Crippen LogP contribution in [0.2, 0.25) is 5.02 Å². The molecule has 0 saturated carbocycles. The van der Waals surface area contributed by atoms with Gasteiger partial charge in [-0.05, 0) is 30.5 Å². The van der Waals surface area contributed by atoms with E-state index in [1.54, 1.807) is 12.1 Å². The Kier molecular flexibility index (Phi) is 3.88. The molecule has 0 aliphatic heterocycles. The van der Waals surface area contributed by atoms with Crippen molar-refractivity contribution >= 4 is 11.6 Å². The zero-order valence-electron chi connectivity index (χ0n) is 10.7. The number of hydrogen-bond acceptors (Lipinski definition) is 1. The van der Waals surface area contributed by atoms with Crippen molar-refractivity contribution in [2.45, 2.75) is 19.9 Å². The fourth-order valence-corrected chi connectivity index (χ4v) is 2.22. The van der Waals surface area contributed by atoms with E-state index in [-0.39, 0.29) is 11.1 Å². The first kappa shape index (κ1) is 14.0. The van der Waals surface area contributed by atoms with Gasteiger partial charge in [-0.3, -0.25) is 0 Å². The van der Waals surface area contributed by atoms with Gasteiger partial charge < -0.3 is 5.73 Å². The molecule has 2 aromatic rings. The second-order valence-corrected chi connectivity index (χ2v) is 4.93. The number of benzene rings is 2. The van der Waals surface area contributed by atoms with E-state index in [0.29, 0.717) is 10.6 Å². The highest BCUT2D eigenvalue weighted by Crippen LogP contribution is 2.31. The van der Waals surface area contributed by atoms with Crippen LogP contribution in [0, 0.1) is 25.5 Å². The molecule has 2 N–H and O–H groups in total. The zero-order chi connectivity index (χ0) is 14.2. The smallest absolute Gasteiger partial charge is 0.164 e. The first-order valence-electron chi connectivity index (χ1n) is 5.88. The summed E-state index contributed by atoms with van der Waals surface area (Å²) in [6, 6.07) is 7.57. The highest BCUT2D eigenvalue weighted by atomic mass is 35.5. The standard InChI is InChI=1S/C15H14ClF2N/c1-8-4-3-5-10(12(8)16)15(19)11-7-6-9(2)13(17)14(11)18/h3-7,15H,19H2,1-2H3. The average molecular weight is 282 g/mol. The van der Waals surface area contributed by atoms with Gasteiger partial charge in [0.1, 0.15) is 0 Å². The van der Waals surface area contributed by atoms with Crippen molar-refractivity contribution in [1.29, 1.82) is 0 Å². The number of aryl methyl sites for hydroxylation is 2. The molecule has 0 amide bonds. The van der Waals surface area contributed by atoms with Crippen LogP contribution in [-0.4, -0.2) is 0 Å². The summed E-state index contributed by atoms with van der Waals surface area (Å²) in [5.41, 5.74) is 7.81. The fraction of sp³-hybridized carbons (Fsp3) is 0.200. The Hall–Kier alpha value is -1.45. The van der Waals surface area contributed by atoms with Crippen molar-refractivity contribution in [3.8, 4) is 0 Å². The van der Waals surface area contributed by atoms with Crippen LogP contribution in [0.3, 0.4) is 0 Å². The molecule has 1 unspecified atom stereocenters. The van der Waals surface area contributed by atoms with E-state index in [2.05, 4.69) is 0 Å². The molecule has 0 bridgehead atoms. The lowest BCUT2D eigenvalue weighted by molar-refractivity contribution is 0.489. The maximum absolute atomic E-state index is 13.9. The van der Waals surface area contributed by atoms with Gasteiger partial charge in [-0.1, -0.05) is 41.9 Å². The van der Waals surface area contributed by atoms with Crippen LogP contribution < -0.4 is 5.73 Å². The van der Waals surface area contributed by atoms with Gasteiger partial charge in [0.05, 0.1) is 6.04 Å². The minimum Gasteiger partial charge on any atom is -0.320 e. The van der Waals surface area contributed by atoms with Crippen LogP contribution in [0.25, 0.3) is 0 Å². The molecule has 0 saturated heterocycles. The molecule has 2 rings (SSSR count). The maximum Gasteiger partial charge on any atom is 0.164 e. The molecule has 100 valence electrons. The molecule has 2 aromatic carbocycles. The lowest BCUT2D eigenvalue weighted by Gasteiger charge is -2.17. The molecule has 4 heteroatoms. The van der Waals surface area contributed by atoms with Crippen LogP contribution in [0.15, 0.2) is 30.3 Å². The Labute approximate surface area is 116 Å². The Morgan fingerprint density at radius 2 is 1.63 bits per heavy atom. The van der Waals surface area contributed by atoms with Gasteiger partial charge in [-0.15, -0.1) is 0 Å². The SMILES string of the molecule is Cc1ccc(C(N)c2cccc(C)c2Cl)c(F)c1F. The van der Waals surface area contributed by atoms with E-state index in [1.807, 2.05) is 13.0 Å². The van der Waals surface area contributed by atoms with Gasteiger partial charge >= 0.3 is 0 Å². The van der Waals surface area contributed by atoms with Crippen molar-refractivity contribution in [2.75, 3.05) is 0 Å². The fourth-order valence-electron chi connectivity index (χ4n) is 1.98. The third-order valence-electron chi connectivity index (χ3n) is 3.20. The predicted octanol–water partition coefficient (Wildman–Crippen LogP) is 4.28. The monoisotopic (exact) mass is 281 g/mol. The topological polar surface area (TPSA) is 26.0 Å². The Morgan fingerprint density at radius 3 is 2.32 bits per heavy atom. The van der Waals surface area contributed by atoms with Gasteiger partial charge in [0.25, 0.3) is 0 Å². The maximum atomic E-state index is 13.9. The molecule has 0 spiro atoms. The minimum absolute atomic E-state index is 0.107. The summed E-state index contributed by atoms with van der Waals surface area (Å²) in [5, 5.41) is 0.482. The molecule has 0 aliphatic carbocycles. The Balaban J connectivity index is 2.53. The van der Waals surface area contributed by atoms with Gasteiger partial charge in [-0.25, -0.2) is 8.78 Å². The third-order valence-corrected chi connectivity index (χ3v) is 3.71. The van der Waals surface area contributed by atoms with E-state index in [1.165, 1.54) is 19.1 Å². The Morgan fingerprint density at radius 1 is 0.947 bits per heavy atom. The molecule has 0 heterocycles. The van der Waals surface area contributed by atoms with E-state index in [0.717, 1.165) is 5.56 Å². The van der Waals surface area contributed by atoms with Gasteiger partial charge in [0.2, 0.25) is 0 Å². The summed E-state index contributed by atoms with van der Waals surface area (Å²) >= 11 is 6.17. The van der Waals surface area contributed by atoms with Crippen LogP contribution in [0.4, 0.5) is 8.78 Å². The highest BCUT2D eigenvalue weighted by Gasteiger charge is 2.20. The van der Waals surface area contributed by atoms with E-state index in [9.17, 15) is 8.78 Å². The number of halogens is 3. The van der Waals surface area contributed by atoms with Crippen molar-refractivity contribution in [3.63, 3.8) is 0 Å².